The second-order valence-electron chi connectivity index (χ2n) is 4.27. The highest BCUT2D eigenvalue weighted by atomic mass is 35.5. The van der Waals surface area contributed by atoms with Gasteiger partial charge in [-0.1, -0.05) is 11.6 Å². The molecule has 1 nitrogen and oxygen atoms in total. The Hall–Kier alpha value is 0.300. The summed E-state index contributed by atoms with van der Waals surface area (Å²) >= 11 is 9.79. The van der Waals surface area contributed by atoms with Crippen LogP contribution < -0.4 is 5.32 Å². The van der Waals surface area contributed by atoms with Crippen molar-refractivity contribution in [2.75, 3.05) is 18.6 Å². The second kappa shape index (κ2) is 6.29. The van der Waals surface area contributed by atoms with Crippen LogP contribution in [0.3, 0.4) is 0 Å². The van der Waals surface area contributed by atoms with Gasteiger partial charge in [0.1, 0.15) is 0 Å². The summed E-state index contributed by atoms with van der Waals surface area (Å²) < 4.78 is 0.898. The molecule has 0 saturated carbocycles. The zero-order valence-electron chi connectivity index (χ0n) is 9.54. The first-order chi connectivity index (χ1) is 7.79. The average molecular weight is 276 g/mol. The largest absolute Gasteiger partial charge is 0.312 e. The van der Waals surface area contributed by atoms with Gasteiger partial charge in [0.15, 0.2) is 0 Å². The van der Waals surface area contributed by atoms with Crippen LogP contribution in [-0.4, -0.2) is 18.6 Å². The fraction of sp³-hybridized carbons (Fsp3) is 0.667. The van der Waals surface area contributed by atoms with Crippen molar-refractivity contribution in [3.05, 3.63) is 21.3 Å². The summed E-state index contributed by atoms with van der Waals surface area (Å²) in [5, 5.41) is 3.42. The molecule has 90 valence electrons. The molecule has 1 aromatic rings. The van der Waals surface area contributed by atoms with Crippen LogP contribution in [0.5, 0.6) is 0 Å². The Morgan fingerprint density at radius 3 is 2.75 bits per heavy atom. The summed E-state index contributed by atoms with van der Waals surface area (Å²) in [5.74, 6) is 3.57. The highest BCUT2D eigenvalue weighted by Gasteiger charge is 2.20. The maximum atomic E-state index is 5.99. The van der Waals surface area contributed by atoms with Gasteiger partial charge in [0, 0.05) is 10.9 Å². The predicted molar refractivity (Wildman–Crippen MR) is 75.8 cm³/mol. The van der Waals surface area contributed by atoms with Crippen molar-refractivity contribution < 1.29 is 0 Å². The molecule has 0 aliphatic carbocycles. The van der Waals surface area contributed by atoms with Crippen molar-refractivity contribution in [1.82, 2.24) is 5.32 Å². The molecule has 16 heavy (non-hydrogen) atoms. The molecule has 1 fully saturated rings. The van der Waals surface area contributed by atoms with Gasteiger partial charge in [0.25, 0.3) is 0 Å². The van der Waals surface area contributed by atoms with Crippen molar-refractivity contribution in [3.8, 4) is 0 Å². The van der Waals surface area contributed by atoms with Crippen LogP contribution in [0.1, 0.15) is 30.2 Å². The lowest BCUT2D eigenvalue weighted by atomic mass is 9.94. The first-order valence-corrected chi connectivity index (χ1v) is 8.14. The highest BCUT2D eigenvalue weighted by Crippen LogP contribution is 2.34. The molecule has 2 heterocycles. The van der Waals surface area contributed by atoms with Crippen molar-refractivity contribution in [2.24, 2.45) is 5.92 Å². The molecule has 1 aliphatic rings. The van der Waals surface area contributed by atoms with Gasteiger partial charge in [-0.15, -0.1) is 11.3 Å². The van der Waals surface area contributed by atoms with E-state index in [4.69, 9.17) is 11.6 Å². The van der Waals surface area contributed by atoms with Crippen LogP contribution in [0.2, 0.25) is 4.34 Å². The van der Waals surface area contributed by atoms with Crippen LogP contribution in [0, 0.1) is 5.92 Å². The van der Waals surface area contributed by atoms with Crippen LogP contribution in [-0.2, 0) is 0 Å². The fourth-order valence-corrected chi connectivity index (χ4v) is 4.60. The van der Waals surface area contributed by atoms with Crippen LogP contribution in [0.15, 0.2) is 12.1 Å². The highest BCUT2D eigenvalue weighted by molar-refractivity contribution is 7.99. The first-order valence-electron chi connectivity index (χ1n) is 5.80. The topological polar surface area (TPSA) is 12.0 Å². The molecule has 1 unspecified atom stereocenters. The van der Waals surface area contributed by atoms with Crippen LogP contribution in [0.4, 0.5) is 0 Å². The molecule has 0 amide bonds. The normalized spacial score (nSPS) is 19.9. The van der Waals surface area contributed by atoms with Crippen molar-refractivity contribution in [3.63, 3.8) is 0 Å². The quantitative estimate of drug-likeness (QED) is 0.884. The molecule has 0 radical (unpaired) electrons. The third kappa shape index (κ3) is 3.39. The predicted octanol–water partition coefficient (Wildman–Crippen LogP) is 4.20. The van der Waals surface area contributed by atoms with E-state index in [0.29, 0.717) is 6.04 Å². The van der Waals surface area contributed by atoms with Gasteiger partial charge < -0.3 is 5.32 Å². The molecule has 1 saturated heterocycles. The van der Waals surface area contributed by atoms with Crippen molar-refractivity contribution >= 4 is 34.7 Å². The fourth-order valence-electron chi connectivity index (χ4n) is 2.21. The number of thioether (sulfide) groups is 1. The lowest BCUT2D eigenvalue weighted by Crippen LogP contribution is -2.21. The van der Waals surface area contributed by atoms with Gasteiger partial charge in [-0.2, -0.15) is 11.8 Å². The van der Waals surface area contributed by atoms with E-state index in [-0.39, 0.29) is 0 Å². The number of nitrogens with one attached hydrogen (secondary N) is 1. The minimum Gasteiger partial charge on any atom is -0.312 e. The molecule has 0 bridgehead atoms. The molecule has 1 aliphatic heterocycles. The van der Waals surface area contributed by atoms with Crippen molar-refractivity contribution in [2.45, 2.75) is 25.3 Å². The van der Waals surface area contributed by atoms with Gasteiger partial charge in [-0.3, -0.25) is 0 Å². The standard InChI is InChI=1S/C12H18ClNS2/c1-14-10(11-2-3-12(13)16-11)8-9-4-6-15-7-5-9/h2-3,9-10,14H,4-8H2,1H3. The summed E-state index contributed by atoms with van der Waals surface area (Å²) in [6.07, 6.45) is 4.01. The Morgan fingerprint density at radius 2 is 2.19 bits per heavy atom. The van der Waals surface area contributed by atoms with Crippen LogP contribution >= 0.6 is 34.7 Å². The Morgan fingerprint density at radius 1 is 1.44 bits per heavy atom. The van der Waals surface area contributed by atoms with E-state index in [2.05, 4.69) is 30.2 Å². The molecule has 1 aromatic heterocycles. The lowest BCUT2D eigenvalue weighted by molar-refractivity contribution is 0.387. The van der Waals surface area contributed by atoms with Gasteiger partial charge >= 0.3 is 0 Å². The van der Waals surface area contributed by atoms with E-state index in [9.17, 15) is 0 Å². The van der Waals surface area contributed by atoms with Gasteiger partial charge in [0.2, 0.25) is 0 Å². The molecular weight excluding hydrogens is 258 g/mol. The van der Waals surface area contributed by atoms with Gasteiger partial charge in [-0.05, 0) is 55.9 Å². The Balaban J connectivity index is 1.94. The zero-order valence-corrected chi connectivity index (χ0v) is 11.9. The molecule has 2 rings (SSSR count). The number of halogens is 1. The maximum Gasteiger partial charge on any atom is 0.0931 e. The monoisotopic (exact) mass is 275 g/mol. The number of hydrogen-bond acceptors (Lipinski definition) is 3. The minimum absolute atomic E-state index is 0.491. The minimum atomic E-state index is 0.491. The van der Waals surface area contributed by atoms with Gasteiger partial charge in [-0.25, -0.2) is 0 Å². The molecular formula is C12H18ClNS2. The molecule has 1 atom stereocenters. The average Bonchev–Trinajstić information content (AvgIpc) is 2.74. The lowest BCUT2D eigenvalue weighted by Gasteiger charge is -2.25. The molecule has 0 aromatic carbocycles. The number of hydrogen-bond donors (Lipinski definition) is 1. The third-order valence-electron chi connectivity index (χ3n) is 3.20. The van der Waals surface area contributed by atoms with E-state index < -0.39 is 0 Å². The smallest absolute Gasteiger partial charge is 0.0931 e. The summed E-state index contributed by atoms with van der Waals surface area (Å²) in [7, 11) is 2.05. The Bertz CT molecular complexity index is 321. The van der Waals surface area contributed by atoms with Crippen LogP contribution in [0.25, 0.3) is 0 Å². The molecule has 1 N–H and O–H groups in total. The SMILES string of the molecule is CNC(CC1CCSCC1)c1ccc(Cl)s1. The summed E-state index contributed by atoms with van der Waals surface area (Å²) in [6, 6.07) is 4.65. The summed E-state index contributed by atoms with van der Waals surface area (Å²) in [5.41, 5.74) is 0. The van der Waals surface area contributed by atoms with E-state index in [1.54, 1.807) is 11.3 Å². The summed E-state index contributed by atoms with van der Waals surface area (Å²) in [6.45, 7) is 0. The number of thiophene rings is 1. The van der Waals surface area contributed by atoms with Gasteiger partial charge in [0.05, 0.1) is 4.34 Å². The third-order valence-corrected chi connectivity index (χ3v) is 5.59. The van der Waals surface area contributed by atoms with Crippen molar-refractivity contribution in [1.29, 1.82) is 0 Å². The Kier molecular flexibility index (Phi) is 5.01. The molecule has 4 heteroatoms. The second-order valence-corrected chi connectivity index (χ2v) is 7.25. The summed E-state index contributed by atoms with van der Waals surface area (Å²) in [4.78, 5) is 1.38. The Labute approximate surface area is 111 Å². The first kappa shape index (κ1) is 12.7. The van der Waals surface area contributed by atoms with E-state index in [0.717, 1.165) is 10.3 Å². The van der Waals surface area contributed by atoms with E-state index in [1.807, 2.05) is 6.07 Å². The number of rotatable bonds is 4. The molecule has 0 spiro atoms. The maximum absolute atomic E-state index is 5.99. The van der Waals surface area contributed by atoms with E-state index in [1.165, 1.54) is 35.6 Å². The zero-order chi connectivity index (χ0) is 11.4. The van der Waals surface area contributed by atoms with E-state index >= 15 is 0 Å².